The number of furan rings is 1. The van der Waals surface area contributed by atoms with Crippen molar-refractivity contribution >= 4 is 17.7 Å². The van der Waals surface area contributed by atoms with Gasteiger partial charge in [-0.25, -0.2) is 0 Å². The Kier molecular flexibility index (Phi) is 4.13. The van der Waals surface area contributed by atoms with Crippen LogP contribution in [0.4, 0.5) is 0 Å². The van der Waals surface area contributed by atoms with Gasteiger partial charge >= 0.3 is 0 Å². The van der Waals surface area contributed by atoms with Gasteiger partial charge in [0.05, 0.1) is 12.3 Å². The second kappa shape index (κ2) is 6.01. The monoisotopic (exact) mass is 280 g/mol. The van der Waals surface area contributed by atoms with Crippen LogP contribution in [0, 0.1) is 5.92 Å². The molecular weight excluding hydrogens is 260 g/mol. The number of carbonyl (C=O) groups is 1. The Morgan fingerprint density at radius 3 is 2.89 bits per heavy atom. The average molecular weight is 280 g/mol. The predicted octanol–water partition coefficient (Wildman–Crippen LogP) is 1.90. The Bertz CT molecular complexity index is 411. The van der Waals surface area contributed by atoms with Gasteiger partial charge in [0.2, 0.25) is 5.91 Å². The summed E-state index contributed by atoms with van der Waals surface area (Å²) in [6, 6.07) is 4.11. The molecule has 1 aromatic heterocycles. The van der Waals surface area contributed by atoms with E-state index in [9.17, 15) is 4.79 Å². The van der Waals surface area contributed by atoms with Gasteiger partial charge in [0.15, 0.2) is 0 Å². The second-order valence-electron chi connectivity index (χ2n) is 5.20. The first-order valence-corrected chi connectivity index (χ1v) is 8.13. The van der Waals surface area contributed by atoms with Gasteiger partial charge in [0.25, 0.3) is 0 Å². The third kappa shape index (κ3) is 3.34. The summed E-state index contributed by atoms with van der Waals surface area (Å²) in [5.74, 6) is 3.77. The van der Waals surface area contributed by atoms with Crippen molar-refractivity contribution in [3.8, 4) is 0 Å². The minimum absolute atomic E-state index is 0.179. The molecule has 2 heterocycles. The number of rotatable bonds is 5. The summed E-state index contributed by atoms with van der Waals surface area (Å²) < 4.78 is 5.56. The third-order valence-corrected chi connectivity index (χ3v) is 4.72. The number of hydrogen-bond acceptors (Lipinski definition) is 4. The summed E-state index contributed by atoms with van der Waals surface area (Å²) in [5.41, 5.74) is 0. The minimum Gasteiger partial charge on any atom is -0.468 e. The maximum atomic E-state index is 11.8. The number of hydrogen-bond donors (Lipinski definition) is 1. The molecule has 0 aromatic carbocycles. The maximum absolute atomic E-state index is 11.8. The Labute approximate surface area is 117 Å². The van der Waals surface area contributed by atoms with E-state index in [2.05, 4.69) is 10.2 Å². The van der Waals surface area contributed by atoms with Crippen LogP contribution in [0.1, 0.15) is 24.6 Å². The first-order chi connectivity index (χ1) is 9.34. The molecule has 19 heavy (non-hydrogen) atoms. The van der Waals surface area contributed by atoms with Gasteiger partial charge in [-0.3, -0.25) is 9.69 Å². The molecule has 104 valence electrons. The topological polar surface area (TPSA) is 45.5 Å². The molecule has 1 aliphatic carbocycles. The van der Waals surface area contributed by atoms with Crippen molar-refractivity contribution in [3.63, 3.8) is 0 Å². The van der Waals surface area contributed by atoms with E-state index in [0.717, 1.165) is 43.2 Å². The highest BCUT2D eigenvalue weighted by Gasteiger charge is 2.31. The predicted molar refractivity (Wildman–Crippen MR) is 76.1 cm³/mol. The van der Waals surface area contributed by atoms with Crippen molar-refractivity contribution in [1.29, 1.82) is 0 Å². The molecular formula is C14H20N2O2S. The molecule has 2 aliphatic rings. The Balaban J connectivity index is 1.63. The van der Waals surface area contributed by atoms with Gasteiger partial charge in [-0.05, 0) is 25.0 Å². The molecule has 1 atom stereocenters. The van der Waals surface area contributed by atoms with E-state index in [-0.39, 0.29) is 17.9 Å². The Hall–Kier alpha value is -0.940. The molecule has 1 saturated heterocycles. The lowest BCUT2D eigenvalue weighted by Crippen LogP contribution is -2.42. The molecule has 5 heteroatoms. The number of carbonyl (C=O) groups excluding carboxylic acids is 1. The van der Waals surface area contributed by atoms with Gasteiger partial charge in [-0.15, -0.1) is 0 Å². The average Bonchev–Trinajstić information content (AvgIpc) is 3.17. The molecule has 0 radical (unpaired) electrons. The first-order valence-electron chi connectivity index (χ1n) is 6.97. The molecule has 4 nitrogen and oxygen atoms in total. The molecule has 0 spiro atoms. The zero-order valence-electron chi connectivity index (χ0n) is 11.0. The van der Waals surface area contributed by atoms with Crippen LogP contribution in [0.5, 0.6) is 0 Å². The van der Waals surface area contributed by atoms with Crippen molar-refractivity contribution in [2.75, 3.05) is 31.1 Å². The fourth-order valence-corrected chi connectivity index (χ4v) is 3.40. The zero-order chi connectivity index (χ0) is 13.1. The van der Waals surface area contributed by atoms with Crippen LogP contribution in [-0.4, -0.2) is 41.9 Å². The van der Waals surface area contributed by atoms with Crippen LogP contribution in [0.15, 0.2) is 22.8 Å². The van der Waals surface area contributed by atoms with E-state index in [1.54, 1.807) is 6.26 Å². The highest BCUT2D eigenvalue weighted by Crippen LogP contribution is 2.29. The molecule has 1 amide bonds. The SMILES string of the molecule is O=C(NC[C@@H](c1ccco1)N1CCSCC1)C1CC1. The van der Waals surface area contributed by atoms with Crippen molar-refractivity contribution < 1.29 is 9.21 Å². The van der Waals surface area contributed by atoms with E-state index in [1.807, 2.05) is 23.9 Å². The van der Waals surface area contributed by atoms with E-state index >= 15 is 0 Å². The van der Waals surface area contributed by atoms with Gasteiger partial charge in [0.1, 0.15) is 5.76 Å². The van der Waals surface area contributed by atoms with Gasteiger partial charge in [-0.1, -0.05) is 0 Å². The van der Waals surface area contributed by atoms with E-state index in [0.29, 0.717) is 6.54 Å². The number of nitrogens with zero attached hydrogens (tertiary/aromatic N) is 1. The van der Waals surface area contributed by atoms with E-state index in [4.69, 9.17) is 4.42 Å². The third-order valence-electron chi connectivity index (χ3n) is 3.78. The molecule has 1 aromatic rings. The second-order valence-corrected chi connectivity index (χ2v) is 6.42. The van der Waals surface area contributed by atoms with Crippen molar-refractivity contribution in [1.82, 2.24) is 10.2 Å². The number of thioether (sulfide) groups is 1. The standard InChI is InChI=1S/C14H20N2O2S/c17-14(11-3-4-11)15-10-12(13-2-1-7-18-13)16-5-8-19-9-6-16/h1-2,7,11-12H,3-6,8-10H2,(H,15,17)/t12-/m0/s1. The molecule has 1 N–H and O–H groups in total. The zero-order valence-corrected chi connectivity index (χ0v) is 11.8. The largest absolute Gasteiger partial charge is 0.468 e. The van der Waals surface area contributed by atoms with Crippen LogP contribution in [0.2, 0.25) is 0 Å². The van der Waals surface area contributed by atoms with Gasteiger partial charge in [0, 0.05) is 37.1 Å². The normalized spacial score (nSPS) is 22.1. The summed E-state index contributed by atoms with van der Waals surface area (Å²) in [7, 11) is 0. The van der Waals surface area contributed by atoms with E-state index in [1.165, 1.54) is 0 Å². The van der Waals surface area contributed by atoms with Crippen LogP contribution in [0.3, 0.4) is 0 Å². The van der Waals surface area contributed by atoms with Crippen molar-refractivity contribution in [2.45, 2.75) is 18.9 Å². The fraction of sp³-hybridized carbons (Fsp3) is 0.643. The van der Waals surface area contributed by atoms with Crippen molar-refractivity contribution in [3.05, 3.63) is 24.2 Å². The lowest BCUT2D eigenvalue weighted by Gasteiger charge is -2.33. The maximum Gasteiger partial charge on any atom is 0.223 e. The molecule has 3 rings (SSSR count). The highest BCUT2D eigenvalue weighted by atomic mass is 32.2. The van der Waals surface area contributed by atoms with Crippen LogP contribution >= 0.6 is 11.8 Å². The summed E-state index contributed by atoms with van der Waals surface area (Å²) in [4.78, 5) is 14.2. The lowest BCUT2D eigenvalue weighted by atomic mass is 10.1. The molecule has 1 saturated carbocycles. The first kappa shape index (κ1) is 13.1. The summed E-state index contributed by atoms with van der Waals surface area (Å²) in [6.45, 7) is 2.79. The van der Waals surface area contributed by atoms with Gasteiger partial charge < -0.3 is 9.73 Å². The fourth-order valence-electron chi connectivity index (χ4n) is 2.47. The Morgan fingerprint density at radius 2 is 2.26 bits per heavy atom. The Morgan fingerprint density at radius 1 is 1.47 bits per heavy atom. The summed E-state index contributed by atoms with van der Waals surface area (Å²) in [6.07, 6.45) is 3.82. The molecule has 2 fully saturated rings. The summed E-state index contributed by atoms with van der Waals surface area (Å²) in [5, 5.41) is 3.08. The van der Waals surface area contributed by atoms with Crippen LogP contribution in [-0.2, 0) is 4.79 Å². The smallest absolute Gasteiger partial charge is 0.223 e. The number of amides is 1. The molecule has 0 bridgehead atoms. The molecule has 1 aliphatic heterocycles. The lowest BCUT2D eigenvalue weighted by molar-refractivity contribution is -0.122. The van der Waals surface area contributed by atoms with Crippen molar-refractivity contribution in [2.24, 2.45) is 5.92 Å². The van der Waals surface area contributed by atoms with Crippen LogP contribution in [0.25, 0.3) is 0 Å². The molecule has 0 unspecified atom stereocenters. The van der Waals surface area contributed by atoms with Crippen LogP contribution < -0.4 is 5.32 Å². The van der Waals surface area contributed by atoms with E-state index < -0.39 is 0 Å². The number of nitrogens with one attached hydrogen (secondary N) is 1. The quantitative estimate of drug-likeness (QED) is 0.895. The summed E-state index contributed by atoms with van der Waals surface area (Å²) >= 11 is 1.99. The van der Waals surface area contributed by atoms with Gasteiger partial charge in [-0.2, -0.15) is 11.8 Å². The highest BCUT2D eigenvalue weighted by molar-refractivity contribution is 7.99. The minimum atomic E-state index is 0.179.